The normalized spacial score (nSPS) is 11.2. The molecule has 1 aromatic heterocycles. The Balaban J connectivity index is 2.42. The first-order valence-corrected chi connectivity index (χ1v) is 5.92. The first kappa shape index (κ1) is 11.8. The monoisotopic (exact) mass is 231 g/mol. The second kappa shape index (κ2) is 5.10. The van der Waals surface area contributed by atoms with E-state index in [-0.39, 0.29) is 5.56 Å². The molecule has 90 valence electrons. The molecule has 17 heavy (non-hydrogen) atoms. The van der Waals surface area contributed by atoms with Gasteiger partial charge in [-0.2, -0.15) is 0 Å². The van der Waals surface area contributed by atoms with Gasteiger partial charge < -0.3 is 0 Å². The van der Waals surface area contributed by atoms with Crippen molar-refractivity contribution in [2.75, 3.05) is 13.1 Å². The first-order valence-electron chi connectivity index (χ1n) is 5.92. The van der Waals surface area contributed by atoms with Gasteiger partial charge in [0.15, 0.2) is 0 Å². The second-order valence-corrected chi connectivity index (χ2v) is 3.98. The Morgan fingerprint density at radius 2 is 1.94 bits per heavy atom. The van der Waals surface area contributed by atoms with Gasteiger partial charge in [-0.25, -0.2) is 4.98 Å². The van der Waals surface area contributed by atoms with Crippen molar-refractivity contribution >= 4 is 10.9 Å². The van der Waals surface area contributed by atoms with Gasteiger partial charge in [0.1, 0.15) is 0 Å². The molecule has 0 N–H and O–H groups in total. The van der Waals surface area contributed by atoms with Crippen molar-refractivity contribution in [2.45, 2.75) is 20.5 Å². The largest absolute Gasteiger partial charge is 0.286 e. The van der Waals surface area contributed by atoms with Crippen LogP contribution in [0, 0.1) is 0 Å². The number of nitrogens with zero attached hydrogens (tertiary/aromatic N) is 3. The summed E-state index contributed by atoms with van der Waals surface area (Å²) >= 11 is 0. The molecule has 0 aliphatic heterocycles. The van der Waals surface area contributed by atoms with Crippen molar-refractivity contribution in [1.29, 1.82) is 0 Å². The molecule has 4 nitrogen and oxygen atoms in total. The van der Waals surface area contributed by atoms with Crippen LogP contribution in [0.3, 0.4) is 0 Å². The van der Waals surface area contributed by atoms with Crippen LogP contribution >= 0.6 is 0 Å². The zero-order valence-electron chi connectivity index (χ0n) is 10.3. The Kier molecular flexibility index (Phi) is 3.54. The fraction of sp³-hybridized carbons (Fsp3) is 0.385. The Labute approximate surface area is 101 Å². The van der Waals surface area contributed by atoms with Crippen LogP contribution in [0.5, 0.6) is 0 Å². The zero-order valence-corrected chi connectivity index (χ0v) is 10.3. The SMILES string of the molecule is CCN(CC)Cn1cnc2ccccc2c1=O. The van der Waals surface area contributed by atoms with Crippen LogP contribution in [0.1, 0.15) is 13.8 Å². The molecular formula is C13H17N3O. The van der Waals surface area contributed by atoms with Gasteiger partial charge in [0.25, 0.3) is 5.56 Å². The van der Waals surface area contributed by atoms with Gasteiger partial charge in [-0.05, 0) is 25.2 Å². The maximum atomic E-state index is 12.2. The van der Waals surface area contributed by atoms with E-state index in [0.29, 0.717) is 12.1 Å². The Hall–Kier alpha value is -1.68. The zero-order chi connectivity index (χ0) is 12.3. The summed E-state index contributed by atoms with van der Waals surface area (Å²) in [6.07, 6.45) is 1.63. The third-order valence-corrected chi connectivity index (χ3v) is 2.98. The summed E-state index contributed by atoms with van der Waals surface area (Å²) in [5.74, 6) is 0. The molecule has 0 aliphatic rings. The van der Waals surface area contributed by atoms with E-state index in [9.17, 15) is 4.79 Å². The van der Waals surface area contributed by atoms with E-state index in [4.69, 9.17) is 0 Å². The molecule has 0 amide bonds. The summed E-state index contributed by atoms with van der Waals surface area (Å²) in [6, 6.07) is 7.44. The number of benzene rings is 1. The average molecular weight is 231 g/mol. The van der Waals surface area contributed by atoms with E-state index in [2.05, 4.69) is 23.7 Å². The topological polar surface area (TPSA) is 38.1 Å². The third-order valence-electron chi connectivity index (χ3n) is 2.98. The summed E-state index contributed by atoms with van der Waals surface area (Å²) in [5, 5.41) is 0.683. The van der Waals surface area contributed by atoms with Crippen molar-refractivity contribution in [3.05, 3.63) is 40.9 Å². The highest BCUT2D eigenvalue weighted by atomic mass is 16.1. The van der Waals surface area contributed by atoms with E-state index in [1.54, 1.807) is 10.9 Å². The van der Waals surface area contributed by atoms with Gasteiger partial charge in [-0.1, -0.05) is 26.0 Å². The second-order valence-electron chi connectivity index (χ2n) is 3.98. The summed E-state index contributed by atoms with van der Waals surface area (Å²) in [6.45, 7) is 6.63. The first-order chi connectivity index (χ1) is 8.26. The lowest BCUT2D eigenvalue weighted by molar-refractivity contribution is 0.237. The molecule has 0 saturated carbocycles. The molecule has 0 spiro atoms. The van der Waals surface area contributed by atoms with E-state index >= 15 is 0 Å². The van der Waals surface area contributed by atoms with Crippen LogP contribution in [-0.4, -0.2) is 27.5 Å². The summed E-state index contributed by atoms with van der Waals surface area (Å²) in [4.78, 5) is 18.7. The molecule has 0 radical (unpaired) electrons. The lowest BCUT2D eigenvalue weighted by atomic mass is 10.2. The Morgan fingerprint density at radius 1 is 1.24 bits per heavy atom. The molecule has 0 aliphatic carbocycles. The minimum atomic E-state index is 0.0301. The van der Waals surface area contributed by atoms with Crippen molar-refractivity contribution in [2.24, 2.45) is 0 Å². The third kappa shape index (κ3) is 2.36. The number of aromatic nitrogens is 2. The highest BCUT2D eigenvalue weighted by Crippen LogP contribution is 2.04. The lowest BCUT2D eigenvalue weighted by Crippen LogP contribution is -2.32. The minimum Gasteiger partial charge on any atom is -0.286 e. The predicted molar refractivity (Wildman–Crippen MR) is 68.9 cm³/mol. The van der Waals surface area contributed by atoms with Crippen LogP contribution in [-0.2, 0) is 6.67 Å². The smallest absolute Gasteiger partial charge is 0.262 e. The van der Waals surface area contributed by atoms with Crippen molar-refractivity contribution in [1.82, 2.24) is 14.5 Å². The summed E-state index contributed by atoms with van der Waals surface area (Å²) in [7, 11) is 0. The van der Waals surface area contributed by atoms with Gasteiger partial charge in [0.2, 0.25) is 0 Å². The maximum Gasteiger partial charge on any atom is 0.262 e. The molecular weight excluding hydrogens is 214 g/mol. The maximum absolute atomic E-state index is 12.2. The lowest BCUT2D eigenvalue weighted by Gasteiger charge is -2.19. The van der Waals surface area contributed by atoms with Crippen LogP contribution in [0.15, 0.2) is 35.4 Å². The number of rotatable bonds is 4. The number of fused-ring (bicyclic) bond motifs is 1. The van der Waals surface area contributed by atoms with E-state index < -0.39 is 0 Å². The molecule has 1 heterocycles. The molecule has 1 aromatic carbocycles. The molecule has 2 rings (SSSR count). The van der Waals surface area contributed by atoms with Crippen molar-refractivity contribution in [3.63, 3.8) is 0 Å². The molecule has 4 heteroatoms. The van der Waals surface area contributed by atoms with Crippen LogP contribution < -0.4 is 5.56 Å². The standard InChI is InChI=1S/C13H17N3O/c1-3-15(4-2)10-16-9-14-12-8-6-5-7-11(12)13(16)17/h5-9H,3-4,10H2,1-2H3. The van der Waals surface area contributed by atoms with E-state index in [1.807, 2.05) is 24.3 Å². The molecule has 0 atom stereocenters. The van der Waals surface area contributed by atoms with Crippen LogP contribution in [0.2, 0.25) is 0 Å². The minimum absolute atomic E-state index is 0.0301. The predicted octanol–water partition coefficient (Wildman–Crippen LogP) is 1.70. The quantitative estimate of drug-likeness (QED) is 0.803. The number of hydrogen-bond acceptors (Lipinski definition) is 3. The highest BCUT2D eigenvalue weighted by Gasteiger charge is 2.05. The summed E-state index contributed by atoms with van der Waals surface area (Å²) < 4.78 is 1.66. The van der Waals surface area contributed by atoms with Gasteiger partial charge in [-0.15, -0.1) is 0 Å². The average Bonchev–Trinajstić information content (AvgIpc) is 2.38. The van der Waals surface area contributed by atoms with Gasteiger partial charge in [-0.3, -0.25) is 14.3 Å². The molecule has 0 unspecified atom stereocenters. The molecule has 0 saturated heterocycles. The Morgan fingerprint density at radius 3 is 2.65 bits per heavy atom. The molecule has 0 bridgehead atoms. The van der Waals surface area contributed by atoms with E-state index in [0.717, 1.165) is 18.6 Å². The molecule has 2 aromatic rings. The van der Waals surface area contributed by atoms with Crippen LogP contribution in [0.4, 0.5) is 0 Å². The van der Waals surface area contributed by atoms with Crippen molar-refractivity contribution in [3.8, 4) is 0 Å². The van der Waals surface area contributed by atoms with Gasteiger partial charge in [0.05, 0.1) is 23.9 Å². The molecule has 0 fully saturated rings. The Bertz CT molecular complexity index is 558. The van der Waals surface area contributed by atoms with Crippen molar-refractivity contribution < 1.29 is 0 Å². The van der Waals surface area contributed by atoms with Gasteiger partial charge in [0, 0.05) is 0 Å². The summed E-state index contributed by atoms with van der Waals surface area (Å²) in [5.41, 5.74) is 0.788. The van der Waals surface area contributed by atoms with E-state index in [1.165, 1.54) is 0 Å². The number of hydrogen-bond donors (Lipinski definition) is 0. The highest BCUT2D eigenvalue weighted by molar-refractivity contribution is 5.76. The fourth-order valence-electron chi connectivity index (χ4n) is 1.85. The fourth-order valence-corrected chi connectivity index (χ4v) is 1.85. The number of para-hydroxylation sites is 1. The van der Waals surface area contributed by atoms with Gasteiger partial charge >= 0.3 is 0 Å². The van der Waals surface area contributed by atoms with Crippen LogP contribution in [0.25, 0.3) is 10.9 Å².